The number of hydrogen-bond donors (Lipinski definition) is 0. The lowest BCUT2D eigenvalue weighted by atomic mass is 9.63. The van der Waals surface area contributed by atoms with Crippen LogP contribution in [0.25, 0.3) is 11.1 Å². The van der Waals surface area contributed by atoms with Crippen LogP contribution >= 0.6 is 0 Å². The molecule has 34 heavy (non-hydrogen) atoms. The molecule has 0 N–H and O–H groups in total. The quantitative estimate of drug-likeness (QED) is 0.344. The Hall–Kier alpha value is -2.61. The van der Waals surface area contributed by atoms with E-state index in [2.05, 4.69) is 31.2 Å². The van der Waals surface area contributed by atoms with E-state index in [1.54, 1.807) is 12.1 Å². The number of halogens is 1. The van der Waals surface area contributed by atoms with Gasteiger partial charge in [-0.05, 0) is 90.2 Å². The van der Waals surface area contributed by atoms with E-state index in [4.69, 9.17) is 4.74 Å². The second kappa shape index (κ2) is 10.8. The first-order valence-corrected chi connectivity index (χ1v) is 13.3. The normalized spacial score (nSPS) is 24.4. The molecule has 3 aromatic carbocycles. The van der Waals surface area contributed by atoms with E-state index in [-0.39, 0.29) is 5.82 Å². The highest BCUT2D eigenvalue weighted by atomic mass is 19.1. The smallest absolute Gasteiger partial charge is 0.165 e. The van der Waals surface area contributed by atoms with Crippen LogP contribution < -0.4 is 4.74 Å². The summed E-state index contributed by atoms with van der Waals surface area (Å²) in [5, 5.41) is 0. The Balaban J connectivity index is 1.20. The van der Waals surface area contributed by atoms with Gasteiger partial charge in [0.2, 0.25) is 0 Å². The Morgan fingerprint density at radius 1 is 0.794 bits per heavy atom. The molecule has 0 bridgehead atoms. The minimum atomic E-state index is -0.311. The Morgan fingerprint density at radius 2 is 1.53 bits per heavy atom. The first kappa shape index (κ1) is 23.1. The van der Waals surface area contributed by atoms with Crippen LogP contribution in [0.4, 0.5) is 4.39 Å². The van der Waals surface area contributed by atoms with Crippen LogP contribution in [-0.4, -0.2) is 0 Å². The highest BCUT2D eigenvalue weighted by Crippen LogP contribution is 2.48. The lowest BCUT2D eigenvalue weighted by Crippen LogP contribution is -2.30. The number of ether oxygens (including phenoxy) is 1. The molecule has 5 rings (SSSR count). The van der Waals surface area contributed by atoms with Gasteiger partial charge < -0.3 is 4.74 Å². The number of rotatable bonds is 7. The molecule has 2 heteroatoms. The molecular formula is C32H37FO. The Bertz CT molecular complexity index is 1060. The molecule has 1 nitrogen and oxygen atoms in total. The molecule has 178 valence electrons. The van der Waals surface area contributed by atoms with Crippen LogP contribution in [0.15, 0.2) is 72.8 Å². The predicted octanol–water partition coefficient (Wildman–Crippen LogP) is 9.17. The Morgan fingerprint density at radius 3 is 2.29 bits per heavy atom. The van der Waals surface area contributed by atoms with E-state index in [0.717, 1.165) is 34.4 Å². The minimum absolute atomic E-state index is 0.301. The van der Waals surface area contributed by atoms with E-state index >= 15 is 0 Å². The van der Waals surface area contributed by atoms with Crippen molar-refractivity contribution in [3.63, 3.8) is 0 Å². The van der Waals surface area contributed by atoms with E-state index in [0.29, 0.717) is 18.3 Å². The lowest BCUT2D eigenvalue weighted by molar-refractivity contribution is 0.114. The maximum Gasteiger partial charge on any atom is 0.165 e. The largest absolute Gasteiger partial charge is 0.486 e. The Labute approximate surface area is 204 Å². The Kier molecular flexibility index (Phi) is 7.33. The molecule has 2 aliphatic carbocycles. The minimum Gasteiger partial charge on any atom is -0.486 e. The fourth-order valence-corrected chi connectivity index (χ4v) is 6.44. The fraction of sp³-hybridized carbons (Fsp3) is 0.438. The van der Waals surface area contributed by atoms with Crippen molar-refractivity contribution in [1.29, 1.82) is 0 Å². The molecule has 0 radical (unpaired) electrons. The number of benzene rings is 3. The molecule has 0 saturated heterocycles. The molecule has 4 atom stereocenters. The number of hydrogen-bond acceptors (Lipinski definition) is 1. The highest BCUT2D eigenvalue weighted by molar-refractivity contribution is 5.64. The fourth-order valence-electron chi connectivity index (χ4n) is 6.44. The summed E-state index contributed by atoms with van der Waals surface area (Å²) in [4.78, 5) is 0. The van der Waals surface area contributed by atoms with Crippen molar-refractivity contribution < 1.29 is 9.13 Å². The van der Waals surface area contributed by atoms with Crippen LogP contribution in [-0.2, 0) is 6.61 Å². The summed E-state index contributed by atoms with van der Waals surface area (Å²) in [6.07, 6.45) is 11.2. The zero-order chi connectivity index (χ0) is 23.3. The first-order chi connectivity index (χ1) is 16.7. The van der Waals surface area contributed by atoms with Crippen LogP contribution in [0, 0.1) is 23.6 Å². The van der Waals surface area contributed by atoms with Gasteiger partial charge in [-0.15, -0.1) is 0 Å². The second-order valence-electron chi connectivity index (χ2n) is 10.5. The van der Waals surface area contributed by atoms with Crippen LogP contribution in [0.5, 0.6) is 5.75 Å². The summed E-state index contributed by atoms with van der Waals surface area (Å²) >= 11 is 0. The van der Waals surface area contributed by atoms with Crippen LogP contribution in [0.3, 0.4) is 0 Å². The molecule has 2 aliphatic rings. The monoisotopic (exact) mass is 456 g/mol. The topological polar surface area (TPSA) is 9.23 Å². The third kappa shape index (κ3) is 5.37. The molecule has 3 aromatic rings. The average Bonchev–Trinajstić information content (AvgIpc) is 2.88. The zero-order valence-electron chi connectivity index (χ0n) is 20.4. The van der Waals surface area contributed by atoms with Crippen LogP contribution in [0.1, 0.15) is 75.3 Å². The molecule has 0 aromatic heterocycles. The van der Waals surface area contributed by atoms with E-state index < -0.39 is 0 Å². The standard InChI is InChI=1S/C32H37FO/c1-2-6-23-9-10-29-20-28(16-15-27(29)19-23)25-11-13-26(14-12-25)30-17-18-32(31(33)21-30)34-22-24-7-4-3-5-8-24/h3-5,7-8,11-14,17-18,21,23,27-29H,2,6,9-10,15-16,19-20,22H2,1H3. The van der Waals surface area contributed by atoms with Gasteiger partial charge in [0.25, 0.3) is 0 Å². The summed E-state index contributed by atoms with van der Waals surface area (Å²) in [5.41, 5.74) is 4.45. The van der Waals surface area contributed by atoms with Gasteiger partial charge in [-0.2, -0.15) is 0 Å². The lowest BCUT2D eigenvalue weighted by Gasteiger charge is -2.42. The van der Waals surface area contributed by atoms with E-state index in [1.165, 1.54) is 56.9 Å². The molecule has 0 spiro atoms. The van der Waals surface area contributed by atoms with E-state index in [1.807, 2.05) is 36.4 Å². The molecule has 0 heterocycles. The summed E-state index contributed by atoms with van der Waals surface area (Å²) in [6.45, 7) is 2.70. The highest BCUT2D eigenvalue weighted by Gasteiger charge is 2.35. The van der Waals surface area contributed by atoms with Crippen molar-refractivity contribution in [2.75, 3.05) is 0 Å². The van der Waals surface area contributed by atoms with Gasteiger partial charge in [-0.3, -0.25) is 0 Å². The summed E-state index contributed by atoms with van der Waals surface area (Å²) in [6, 6.07) is 24.0. The summed E-state index contributed by atoms with van der Waals surface area (Å²) < 4.78 is 20.4. The molecular weight excluding hydrogens is 419 g/mol. The van der Waals surface area contributed by atoms with Crippen molar-refractivity contribution in [3.05, 3.63) is 89.7 Å². The average molecular weight is 457 g/mol. The van der Waals surface area contributed by atoms with Crippen molar-refractivity contribution in [2.24, 2.45) is 17.8 Å². The maximum absolute atomic E-state index is 14.7. The van der Waals surface area contributed by atoms with Crippen molar-refractivity contribution >= 4 is 0 Å². The zero-order valence-corrected chi connectivity index (χ0v) is 20.4. The molecule has 4 unspecified atom stereocenters. The van der Waals surface area contributed by atoms with Gasteiger partial charge in [0.05, 0.1) is 0 Å². The SMILES string of the molecule is CCCC1CCC2CC(c3ccc(-c4ccc(OCc5ccccc5)c(F)c4)cc3)CCC2C1. The second-order valence-corrected chi connectivity index (χ2v) is 10.5. The number of fused-ring (bicyclic) bond motifs is 1. The van der Waals surface area contributed by atoms with Crippen molar-refractivity contribution in [3.8, 4) is 16.9 Å². The van der Waals surface area contributed by atoms with Gasteiger partial charge in [-0.25, -0.2) is 4.39 Å². The summed E-state index contributed by atoms with van der Waals surface area (Å²) in [5.74, 6) is 3.54. The molecule has 2 saturated carbocycles. The molecule has 0 amide bonds. The molecule has 2 fully saturated rings. The maximum atomic E-state index is 14.7. The predicted molar refractivity (Wildman–Crippen MR) is 138 cm³/mol. The van der Waals surface area contributed by atoms with Crippen LogP contribution in [0.2, 0.25) is 0 Å². The summed E-state index contributed by atoms with van der Waals surface area (Å²) in [7, 11) is 0. The van der Waals surface area contributed by atoms with Gasteiger partial charge in [-0.1, -0.05) is 86.8 Å². The van der Waals surface area contributed by atoms with Crippen molar-refractivity contribution in [2.45, 2.75) is 70.8 Å². The van der Waals surface area contributed by atoms with Gasteiger partial charge in [0.15, 0.2) is 11.6 Å². The first-order valence-electron chi connectivity index (χ1n) is 13.3. The van der Waals surface area contributed by atoms with E-state index in [9.17, 15) is 4.39 Å². The van der Waals surface area contributed by atoms with Gasteiger partial charge in [0, 0.05) is 0 Å². The van der Waals surface area contributed by atoms with Crippen molar-refractivity contribution in [1.82, 2.24) is 0 Å². The third-order valence-corrected chi connectivity index (χ3v) is 8.30. The molecule has 0 aliphatic heterocycles. The van der Waals surface area contributed by atoms with Gasteiger partial charge in [0.1, 0.15) is 6.61 Å². The van der Waals surface area contributed by atoms with Gasteiger partial charge >= 0.3 is 0 Å². The third-order valence-electron chi connectivity index (χ3n) is 8.30.